The van der Waals surface area contributed by atoms with Gasteiger partial charge in [-0.3, -0.25) is 0 Å². The molecule has 2 heteroatoms. The number of benzene rings is 7. The standard InChI is InChI=1S/C36H20O2/c1-2-8-21(9-3-1)22-16-18-23(19-17-22)24-12-6-14-29-32(24)28-20-31-35-33-26(13-7-15-30(33)37-31)25-10-4-5-11-27(25)34(35)36(28)38-29/h1-20H. The van der Waals surface area contributed by atoms with Gasteiger partial charge in [-0.05, 0) is 56.6 Å². The highest BCUT2D eigenvalue weighted by Gasteiger charge is 2.23. The number of rotatable bonds is 2. The van der Waals surface area contributed by atoms with Crippen molar-refractivity contribution in [2.75, 3.05) is 0 Å². The fourth-order valence-electron chi connectivity index (χ4n) is 6.39. The summed E-state index contributed by atoms with van der Waals surface area (Å²) in [7, 11) is 0. The smallest absolute Gasteiger partial charge is 0.144 e. The Balaban J connectivity index is 1.39. The van der Waals surface area contributed by atoms with Gasteiger partial charge in [-0.1, -0.05) is 103 Å². The third kappa shape index (κ3) is 2.56. The van der Waals surface area contributed by atoms with Crippen molar-refractivity contribution < 1.29 is 8.83 Å². The summed E-state index contributed by atoms with van der Waals surface area (Å²) in [5.74, 6) is 0. The SMILES string of the molecule is c1ccc(-c2ccc(-c3cccc4oc5c(cc6oc7cccc8c9ccccc9c5c6c78)c34)cc2)cc1. The van der Waals surface area contributed by atoms with Crippen LogP contribution in [-0.2, 0) is 0 Å². The van der Waals surface area contributed by atoms with E-state index in [0.717, 1.165) is 49.4 Å². The predicted molar refractivity (Wildman–Crippen MR) is 158 cm³/mol. The van der Waals surface area contributed by atoms with E-state index in [0.29, 0.717) is 0 Å². The first kappa shape index (κ1) is 20.0. The van der Waals surface area contributed by atoms with Crippen molar-refractivity contribution in [2.24, 2.45) is 0 Å². The van der Waals surface area contributed by atoms with Gasteiger partial charge in [-0.2, -0.15) is 0 Å². The molecule has 0 aliphatic heterocycles. The zero-order valence-corrected chi connectivity index (χ0v) is 20.4. The predicted octanol–water partition coefficient (Wildman–Crippen LogP) is 10.6. The van der Waals surface area contributed by atoms with Crippen LogP contribution in [0.25, 0.3) is 87.7 Å². The Morgan fingerprint density at radius 3 is 1.82 bits per heavy atom. The van der Waals surface area contributed by atoms with E-state index in [9.17, 15) is 0 Å². The lowest BCUT2D eigenvalue weighted by Gasteiger charge is -2.08. The average Bonchev–Trinajstić information content (AvgIpc) is 3.55. The second-order valence-electron chi connectivity index (χ2n) is 10.1. The Hall–Kier alpha value is -5.08. The van der Waals surface area contributed by atoms with Gasteiger partial charge in [0.05, 0.1) is 0 Å². The molecule has 2 heterocycles. The van der Waals surface area contributed by atoms with Crippen LogP contribution in [-0.4, -0.2) is 0 Å². The molecule has 38 heavy (non-hydrogen) atoms. The molecule has 9 aromatic rings. The molecule has 176 valence electrons. The second kappa shape index (κ2) is 7.24. The monoisotopic (exact) mass is 484 g/mol. The first-order valence-electron chi connectivity index (χ1n) is 12.9. The van der Waals surface area contributed by atoms with E-state index in [4.69, 9.17) is 8.83 Å². The summed E-state index contributed by atoms with van der Waals surface area (Å²) in [5, 5.41) is 9.30. The molecule has 0 spiro atoms. The van der Waals surface area contributed by atoms with Gasteiger partial charge in [0.2, 0.25) is 0 Å². The van der Waals surface area contributed by atoms with Crippen LogP contribution in [0.5, 0.6) is 0 Å². The van der Waals surface area contributed by atoms with Crippen LogP contribution in [0.2, 0.25) is 0 Å². The van der Waals surface area contributed by atoms with Crippen LogP contribution in [0, 0.1) is 0 Å². The lowest BCUT2D eigenvalue weighted by molar-refractivity contribution is 0.666. The summed E-state index contributed by atoms with van der Waals surface area (Å²) in [6.07, 6.45) is 0. The molecule has 0 unspecified atom stereocenters. The van der Waals surface area contributed by atoms with Gasteiger partial charge in [0.15, 0.2) is 0 Å². The zero-order valence-electron chi connectivity index (χ0n) is 20.4. The zero-order chi connectivity index (χ0) is 24.8. The average molecular weight is 485 g/mol. The Morgan fingerprint density at radius 2 is 0.974 bits per heavy atom. The summed E-state index contributed by atoms with van der Waals surface area (Å²) in [6.45, 7) is 0. The van der Waals surface area contributed by atoms with Crippen molar-refractivity contribution in [2.45, 2.75) is 0 Å². The molecule has 0 radical (unpaired) electrons. The summed E-state index contributed by atoms with van der Waals surface area (Å²) in [6, 6.07) is 42.8. The molecule has 0 N–H and O–H groups in total. The van der Waals surface area contributed by atoms with Crippen LogP contribution in [0.15, 0.2) is 130 Å². The van der Waals surface area contributed by atoms with Crippen LogP contribution >= 0.6 is 0 Å². The van der Waals surface area contributed by atoms with E-state index >= 15 is 0 Å². The maximum Gasteiger partial charge on any atom is 0.144 e. The molecule has 0 saturated heterocycles. The van der Waals surface area contributed by atoms with Crippen LogP contribution in [0.1, 0.15) is 0 Å². The maximum absolute atomic E-state index is 6.70. The molecule has 7 aromatic carbocycles. The summed E-state index contributed by atoms with van der Waals surface area (Å²) >= 11 is 0. The molecule has 9 rings (SSSR count). The topological polar surface area (TPSA) is 26.3 Å². The third-order valence-corrected chi connectivity index (χ3v) is 8.04. The van der Waals surface area contributed by atoms with Gasteiger partial charge >= 0.3 is 0 Å². The van der Waals surface area contributed by atoms with Crippen molar-refractivity contribution in [3.63, 3.8) is 0 Å². The summed E-state index contributed by atoms with van der Waals surface area (Å²) < 4.78 is 13.2. The summed E-state index contributed by atoms with van der Waals surface area (Å²) in [4.78, 5) is 0. The Kier molecular flexibility index (Phi) is 3.82. The second-order valence-corrected chi connectivity index (χ2v) is 10.1. The van der Waals surface area contributed by atoms with Gasteiger partial charge in [0, 0.05) is 26.9 Å². The van der Waals surface area contributed by atoms with E-state index in [2.05, 4.69) is 115 Å². The normalized spacial score (nSPS) is 12.2. The molecule has 0 saturated carbocycles. The lowest BCUT2D eigenvalue weighted by atomic mass is 9.92. The number of hydrogen-bond donors (Lipinski definition) is 0. The number of fused-ring (bicyclic) bond motifs is 7. The van der Waals surface area contributed by atoms with Gasteiger partial charge < -0.3 is 8.83 Å². The molecule has 0 atom stereocenters. The number of furan rings is 2. The van der Waals surface area contributed by atoms with Crippen LogP contribution in [0.3, 0.4) is 0 Å². The maximum atomic E-state index is 6.70. The molecule has 0 amide bonds. The van der Waals surface area contributed by atoms with E-state index in [1.807, 2.05) is 6.07 Å². The van der Waals surface area contributed by atoms with E-state index in [1.165, 1.54) is 38.2 Å². The molecule has 0 fully saturated rings. The molecule has 0 aliphatic rings. The van der Waals surface area contributed by atoms with E-state index < -0.39 is 0 Å². The van der Waals surface area contributed by atoms with Crippen molar-refractivity contribution >= 4 is 65.4 Å². The van der Waals surface area contributed by atoms with Gasteiger partial charge in [-0.25, -0.2) is 0 Å². The summed E-state index contributed by atoms with van der Waals surface area (Å²) in [5.41, 5.74) is 8.39. The van der Waals surface area contributed by atoms with Crippen LogP contribution in [0.4, 0.5) is 0 Å². The fourth-order valence-corrected chi connectivity index (χ4v) is 6.39. The van der Waals surface area contributed by atoms with Crippen LogP contribution < -0.4 is 0 Å². The highest BCUT2D eigenvalue weighted by Crippen LogP contribution is 2.48. The quantitative estimate of drug-likeness (QED) is 0.228. The molecular weight excluding hydrogens is 464 g/mol. The minimum Gasteiger partial charge on any atom is -0.456 e. The van der Waals surface area contributed by atoms with E-state index in [-0.39, 0.29) is 0 Å². The molecule has 2 aromatic heterocycles. The minimum atomic E-state index is 0.890. The van der Waals surface area contributed by atoms with Gasteiger partial charge in [-0.15, -0.1) is 0 Å². The van der Waals surface area contributed by atoms with Crippen molar-refractivity contribution in [3.8, 4) is 22.3 Å². The van der Waals surface area contributed by atoms with Gasteiger partial charge in [0.25, 0.3) is 0 Å². The van der Waals surface area contributed by atoms with Crippen molar-refractivity contribution in [1.82, 2.24) is 0 Å². The fraction of sp³-hybridized carbons (Fsp3) is 0. The number of hydrogen-bond acceptors (Lipinski definition) is 2. The van der Waals surface area contributed by atoms with E-state index in [1.54, 1.807) is 0 Å². The first-order chi connectivity index (χ1) is 18.8. The van der Waals surface area contributed by atoms with Gasteiger partial charge in [0.1, 0.15) is 22.3 Å². The minimum absolute atomic E-state index is 0.890. The molecule has 2 nitrogen and oxygen atoms in total. The molecule has 0 bridgehead atoms. The highest BCUT2D eigenvalue weighted by molar-refractivity contribution is 6.39. The Morgan fingerprint density at radius 1 is 0.342 bits per heavy atom. The molecule has 0 aliphatic carbocycles. The third-order valence-electron chi connectivity index (χ3n) is 8.04. The van der Waals surface area contributed by atoms with Crippen molar-refractivity contribution in [3.05, 3.63) is 121 Å². The Labute approximate surface area is 217 Å². The first-order valence-corrected chi connectivity index (χ1v) is 12.9. The Bertz CT molecular complexity index is 2320. The largest absolute Gasteiger partial charge is 0.456 e. The molecular formula is C36H20O2. The van der Waals surface area contributed by atoms with Crippen molar-refractivity contribution in [1.29, 1.82) is 0 Å². The lowest BCUT2D eigenvalue weighted by Crippen LogP contribution is -1.83. The highest BCUT2D eigenvalue weighted by atomic mass is 16.3.